The molecule has 0 aliphatic heterocycles. The van der Waals surface area contributed by atoms with Crippen molar-refractivity contribution in [1.82, 2.24) is 9.62 Å². The fourth-order valence-electron chi connectivity index (χ4n) is 1.83. The second-order valence-corrected chi connectivity index (χ2v) is 7.37. The third-order valence-electron chi connectivity index (χ3n) is 3.45. The zero-order valence-electron chi connectivity index (χ0n) is 11.9. The van der Waals surface area contributed by atoms with Crippen molar-refractivity contribution in [3.8, 4) is 0 Å². The molecule has 1 saturated carbocycles. The van der Waals surface area contributed by atoms with Gasteiger partial charge >= 0.3 is 0 Å². The number of nitrogens with zero attached hydrogens (tertiary/aromatic N) is 1. The Hall–Kier alpha value is -0.850. The molecule has 1 aromatic rings. The molecule has 1 aromatic heterocycles. The van der Waals surface area contributed by atoms with Crippen molar-refractivity contribution in [3.05, 3.63) is 17.6 Å². The minimum absolute atomic E-state index is 0.0765. The number of hydrogen-bond donors (Lipinski definition) is 1. The van der Waals surface area contributed by atoms with Gasteiger partial charge in [-0.3, -0.25) is 0 Å². The summed E-state index contributed by atoms with van der Waals surface area (Å²) in [7, 11) is -1.87. The van der Waals surface area contributed by atoms with Gasteiger partial charge in [-0.2, -0.15) is 4.31 Å². The molecular formula is C13H22N2O3S. The third kappa shape index (κ3) is 3.19. The molecule has 0 unspecified atom stereocenters. The summed E-state index contributed by atoms with van der Waals surface area (Å²) >= 11 is 0. The molecule has 0 atom stereocenters. The van der Waals surface area contributed by atoms with Gasteiger partial charge in [0.25, 0.3) is 0 Å². The Morgan fingerprint density at radius 3 is 2.63 bits per heavy atom. The lowest BCUT2D eigenvalue weighted by Gasteiger charge is -2.20. The Labute approximate surface area is 115 Å². The summed E-state index contributed by atoms with van der Waals surface area (Å²) in [6.07, 6.45) is 2.39. The zero-order valence-corrected chi connectivity index (χ0v) is 12.8. The van der Waals surface area contributed by atoms with Gasteiger partial charge in [0.15, 0.2) is 0 Å². The number of nitrogens with one attached hydrogen (secondary N) is 1. The Morgan fingerprint density at radius 1 is 1.47 bits per heavy atom. The van der Waals surface area contributed by atoms with Crippen molar-refractivity contribution in [2.75, 3.05) is 7.05 Å². The van der Waals surface area contributed by atoms with E-state index in [1.807, 2.05) is 13.8 Å². The largest absolute Gasteiger partial charge is 0.464 e. The first kappa shape index (κ1) is 14.6. The molecular weight excluding hydrogens is 264 g/mol. The Bertz CT molecular complexity index is 544. The summed E-state index contributed by atoms with van der Waals surface area (Å²) in [6.45, 7) is 5.99. The van der Waals surface area contributed by atoms with Gasteiger partial charge in [0.1, 0.15) is 16.4 Å². The molecule has 0 spiro atoms. The predicted octanol–water partition coefficient (Wildman–Crippen LogP) is 1.87. The second kappa shape index (κ2) is 5.26. The summed E-state index contributed by atoms with van der Waals surface area (Å²) in [5.41, 5.74) is 0. The molecule has 5 nitrogen and oxygen atoms in total. The van der Waals surface area contributed by atoms with Crippen LogP contribution in [0.4, 0.5) is 0 Å². The van der Waals surface area contributed by atoms with Gasteiger partial charge in [-0.15, -0.1) is 0 Å². The van der Waals surface area contributed by atoms with E-state index >= 15 is 0 Å². The molecule has 0 bridgehead atoms. The van der Waals surface area contributed by atoms with Crippen LogP contribution >= 0.6 is 0 Å². The molecule has 2 rings (SSSR count). The molecule has 0 radical (unpaired) electrons. The van der Waals surface area contributed by atoms with E-state index in [1.54, 1.807) is 20.0 Å². The van der Waals surface area contributed by atoms with Crippen LogP contribution in [0.2, 0.25) is 0 Å². The summed E-state index contributed by atoms with van der Waals surface area (Å²) in [4.78, 5) is 0.274. The smallest absolute Gasteiger partial charge is 0.246 e. The summed E-state index contributed by atoms with van der Waals surface area (Å²) in [5.74, 6) is 1.14. The van der Waals surface area contributed by atoms with Crippen LogP contribution in [0, 0.1) is 6.92 Å². The molecule has 1 aliphatic rings. The van der Waals surface area contributed by atoms with Gasteiger partial charge in [0.2, 0.25) is 10.0 Å². The van der Waals surface area contributed by atoms with Crippen LogP contribution in [0.5, 0.6) is 0 Å². The van der Waals surface area contributed by atoms with Gasteiger partial charge in [0, 0.05) is 25.2 Å². The van der Waals surface area contributed by atoms with Gasteiger partial charge < -0.3 is 9.73 Å². The lowest BCUT2D eigenvalue weighted by atomic mass is 10.4. The van der Waals surface area contributed by atoms with E-state index in [0.29, 0.717) is 24.1 Å². The summed E-state index contributed by atoms with van der Waals surface area (Å²) < 4.78 is 31.7. The quantitative estimate of drug-likeness (QED) is 0.867. The summed E-state index contributed by atoms with van der Waals surface area (Å²) in [5, 5.41) is 3.31. The van der Waals surface area contributed by atoms with E-state index in [0.717, 1.165) is 0 Å². The van der Waals surface area contributed by atoms with Crippen LogP contribution < -0.4 is 5.32 Å². The Morgan fingerprint density at radius 2 is 2.11 bits per heavy atom. The average Bonchev–Trinajstić information content (AvgIpc) is 3.08. The normalized spacial score (nSPS) is 16.5. The molecule has 108 valence electrons. The zero-order chi connectivity index (χ0) is 14.2. The van der Waals surface area contributed by atoms with Gasteiger partial charge in [-0.25, -0.2) is 8.42 Å². The molecule has 0 saturated heterocycles. The maximum Gasteiger partial charge on any atom is 0.246 e. The van der Waals surface area contributed by atoms with Crippen molar-refractivity contribution < 1.29 is 12.8 Å². The van der Waals surface area contributed by atoms with Crippen LogP contribution in [-0.2, 0) is 16.6 Å². The van der Waals surface area contributed by atoms with Crippen LogP contribution in [0.15, 0.2) is 15.4 Å². The fourth-order valence-corrected chi connectivity index (χ4v) is 3.38. The number of hydrogen-bond acceptors (Lipinski definition) is 4. The number of rotatable bonds is 6. The van der Waals surface area contributed by atoms with Crippen LogP contribution in [0.1, 0.15) is 38.2 Å². The molecule has 6 heteroatoms. The van der Waals surface area contributed by atoms with Crippen molar-refractivity contribution in [2.24, 2.45) is 0 Å². The van der Waals surface area contributed by atoms with Crippen LogP contribution in [0.3, 0.4) is 0 Å². The minimum atomic E-state index is -3.46. The molecule has 19 heavy (non-hydrogen) atoms. The maximum atomic E-state index is 12.4. The molecule has 1 heterocycles. The molecule has 1 N–H and O–H groups in total. The van der Waals surface area contributed by atoms with E-state index in [4.69, 9.17) is 4.42 Å². The lowest BCUT2D eigenvalue weighted by Crippen LogP contribution is -2.33. The van der Waals surface area contributed by atoms with Crippen molar-refractivity contribution >= 4 is 10.0 Å². The Balaban J connectivity index is 2.18. The molecule has 1 fully saturated rings. The van der Waals surface area contributed by atoms with E-state index < -0.39 is 10.0 Å². The van der Waals surface area contributed by atoms with Crippen LogP contribution in [-0.4, -0.2) is 31.9 Å². The van der Waals surface area contributed by atoms with E-state index in [1.165, 1.54) is 17.1 Å². The first-order chi connectivity index (χ1) is 8.82. The number of aryl methyl sites for hydroxylation is 1. The standard InChI is InChI=1S/C13H22N2O3S/c1-9(2)15(4)19(16,17)13-7-12(18-10(13)3)8-14-11-5-6-11/h7,9,11,14H,5-6,8H2,1-4H3. The predicted molar refractivity (Wildman–Crippen MR) is 73.4 cm³/mol. The van der Waals surface area contributed by atoms with Crippen molar-refractivity contribution in [3.63, 3.8) is 0 Å². The van der Waals surface area contributed by atoms with Crippen molar-refractivity contribution in [1.29, 1.82) is 0 Å². The highest BCUT2D eigenvalue weighted by Crippen LogP contribution is 2.25. The highest BCUT2D eigenvalue weighted by Gasteiger charge is 2.28. The first-order valence-corrected chi connectivity index (χ1v) is 8.07. The highest BCUT2D eigenvalue weighted by atomic mass is 32.2. The topological polar surface area (TPSA) is 62.6 Å². The number of sulfonamides is 1. The molecule has 0 aromatic carbocycles. The minimum Gasteiger partial charge on any atom is -0.464 e. The maximum absolute atomic E-state index is 12.4. The SMILES string of the molecule is Cc1oc(CNC2CC2)cc1S(=O)(=O)N(C)C(C)C. The summed E-state index contributed by atoms with van der Waals surface area (Å²) in [6, 6.07) is 2.13. The van der Waals surface area contributed by atoms with Crippen LogP contribution in [0.25, 0.3) is 0 Å². The highest BCUT2D eigenvalue weighted by molar-refractivity contribution is 7.89. The first-order valence-electron chi connectivity index (χ1n) is 6.63. The second-order valence-electron chi connectivity index (χ2n) is 5.40. The van der Waals surface area contributed by atoms with Gasteiger partial charge in [0.05, 0.1) is 6.54 Å². The molecule has 0 amide bonds. The van der Waals surface area contributed by atoms with E-state index in [-0.39, 0.29) is 10.9 Å². The van der Waals surface area contributed by atoms with Crippen molar-refractivity contribution in [2.45, 2.75) is 57.1 Å². The monoisotopic (exact) mass is 286 g/mol. The average molecular weight is 286 g/mol. The fraction of sp³-hybridized carbons (Fsp3) is 0.692. The lowest BCUT2D eigenvalue weighted by molar-refractivity contribution is 0.407. The van der Waals surface area contributed by atoms with Gasteiger partial charge in [-0.05, 0) is 33.6 Å². The molecule has 1 aliphatic carbocycles. The Kier molecular flexibility index (Phi) is 4.03. The van der Waals surface area contributed by atoms with E-state index in [9.17, 15) is 8.42 Å². The van der Waals surface area contributed by atoms with Gasteiger partial charge in [-0.1, -0.05) is 0 Å². The number of furan rings is 1. The van der Waals surface area contributed by atoms with E-state index in [2.05, 4.69) is 5.32 Å². The third-order valence-corrected chi connectivity index (χ3v) is 5.59.